The lowest BCUT2D eigenvalue weighted by atomic mass is 10.1. The first kappa shape index (κ1) is 16.5. The summed E-state index contributed by atoms with van der Waals surface area (Å²) in [5.41, 5.74) is 1.91. The maximum absolute atomic E-state index is 12.5. The number of nitrogens with zero attached hydrogens (tertiary/aromatic N) is 3. The van der Waals surface area contributed by atoms with Gasteiger partial charge < -0.3 is 9.52 Å². The molecule has 0 amide bonds. The molecule has 1 aliphatic heterocycles. The quantitative estimate of drug-likeness (QED) is 0.508. The van der Waals surface area contributed by atoms with Crippen LogP contribution in [0.25, 0.3) is 28.8 Å². The minimum Gasteiger partial charge on any atom is -0.507 e. The van der Waals surface area contributed by atoms with Crippen LogP contribution in [0.2, 0.25) is 0 Å². The van der Waals surface area contributed by atoms with Crippen LogP contribution in [0.3, 0.4) is 0 Å². The molecule has 136 valence electrons. The Morgan fingerprint density at radius 3 is 2.79 bits per heavy atom. The third-order valence-corrected chi connectivity index (χ3v) is 5.44. The molecule has 3 heterocycles. The molecule has 0 spiro atoms. The molecule has 4 aromatic rings. The van der Waals surface area contributed by atoms with Gasteiger partial charge in [0.05, 0.1) is 10.5 Å². The zero-order chi connectivity index (χ0) is 19.1. The average Bonchev–Trinajstić information content (AvgIpc) is 3.45. The lowest BCUT2D eigenvalue weighted by Gasteiger charge is -2.03. The highest BCUT2D eigenvalue weighted by Crippen LogP contribution is 2.41. The molecule has 0 bridgehead atoms. The van der Waals surface area contributed by atoms with Gasteiger partial charge in [-0.25, -0.2) is 0 Å². The number of aromatic hydroxyl groups is 1. The van der Waals surface area contributed by atoms with Crippen LogP contribution in [0.4, 0.5) is 0 Å². The topological polar surface area (TPSA) is 105 Å². The van der Waals surface area contributed by atoms with Crippen LogP contribution in [0.1, 0.15) is 16.1 Å². The molecule has 2 aromatic carbocycles. The van der Waals surface area contributed by atoms with Crippen molar-refractivity contribution in [1.29, 1.82) is 0 Å². The molecule has 1 aliphatic rings. The van der Waals surface area contributed by atoms with Crippen molar-refractivity contribution in [1.82, 2.24) is 20.6 Å². The zero-order valence-electron chi connectivity index (χ0n) is 14.3. The number of nitrogens with one attached hydrogen (secondary N) is 1. The number of ketones is 1. The Morgan fingerprint density at radius 2 is 1.96 bits per heavy atom. The second kappa shape index (κ2) is 6.50. The van der Waals surface area contributed by atoms with Gasteiger partial charge >= 0.3 is 0 Å². The summed E-state index contributed by atoms with van der Waals surface area (Å²) in [7, 11) is 0. The molecule has 0 saturated heterocycles. The first-order valence-corrected chi connectivity index (χ1v) is 9.21. The molecule has 0 atom stereocenters. The van der Waals surface area contributed by atoms with Gasteiger partial charge in [0, 0.05) is 16.0 Å². The second-order valence-electron chi connectivity index (χ2n) is 6.11. The number of thioether (sulfide) groups is 1. The number of phenols is 1. The van der Waals surface area contributed by atoms with Crippen molar-refractivity contribution < 1.29 is 14.3 Å². The molecule has 0 saturated carbocycles. The summed E-state index contributed by atoms with van der Waals surface area (Å²) in [6.07, 6.45) is 1.75. The Balaban J connectivity index is 1.47. The maximum Gasteiger partial charge on any atom is 0.208 e. The molecular formula is C20H12N4O3S. The summed E-state index contributed by atoms with van der Waals surface area (Å²) in [5, 5.41) is 23.7. The van der Waals surface area contributed by atoms with Gasteiger partial charge in [-0.3, -0.25) is 4.79 Å². The van der Waals surface area contributed by atoms with Crippen LogP contribution in [0, 0.1) is 0 Å². The SMILES string of the molecule is O=C1/C(=C/c2ccc(-c3ccc(O)c(-c4nn[nH]n4)c3)o2)Sc2ccccc21. The highest BCUT2D eigenvalue weighted by Gasteiger charge is 2.25. The maximum atomic E-state index is 12.5. The zero-order valence-corrected chi connectivity index (χ0v) is 15.1. The first-order valence-electron chi connectivity index (χ1n) is 8.39. The summed E-state index contributed by atoms with van der Waals surface area (Å²) in [6.45, 7) is 0. The Labute approximate surface area is 163 Å². The van der Waals surface area contributed by atoms with Gasteiger partial charge in [-0.15, -0.1) is 10.2 Å². The van der Waals surface area contributed by atoms with E-state index < -0.39 is 0 Å². The normalized spacial score (nSPS) is 14.6. The summed E-state index contributed by atoms with van der Waals surface area (Å²) in [4.78, 5) is 14.1. The molecule has 2 aromatic heterocycles. The van der Waals surface area contributed by atoms with Crippen molar-refractivity contribution >= 4 is 23.6 Å². The van der Waals surface area contributed by atoms with Gasteiger partial charge in [-0.05, 0) is 53.8 Å². The molecule has 0 radical (unpaired) electrons. The van der Waals surface area contributed by atoms with E-state index in [0.717, 1.165) is 10.5 Å². The summed E-state index contributed by atoms with van der Waals surface area (Å²) in [5.74, 6) is 1.52. The summed E-state index contributed by atoms with van der Waals surface area (Å²) >= 11 is 1.44. The van der Waals surface area contributed by atoms with Crippen LogP contribution in [-0.4, -0.2) is 31.5 Å². The number of furan rings is 1. The van der Waals surface area contributed by atoms with Crippen molar-refractivity contribution in [2.45, 2.75) is 4.90 Å². The van der Waals surface area contributed by atoms with Gasteiger partial charge in [0.15, 0.2) is 0 Å². The number of fused-ring (bicyclic) bond motifs is 1. The Bertz CT molecular complexity index is 1230. The number of aromatic amines is 1. The largest absolute Gasteiger partial charge is 0.507 e. The molecule has 28 heavy (non-hydrogen) atoms. The molecule has 0 aliphatic carbocycles. The van der Waals surface area contributed by atoms with Gasteiger partial charge in [0.1, 0.15) is 17.3 Å². The van der Waals surface area contributed by atoms with Crippen LogP contribution in [0.15, 0.2) is 68.8 Å². The number of benzene rings is 2. The van der Waals surface area contributed by atoms with E-state index in [9.17, 15) is 9.90 Å². The van der Waals surface area contributed by atoms with E-state index in [1.165, 1.54) is 11.8 Å². The Morgan fingerprint density at radius 1 is 1.07 bits per heavy atom. The van der Waals surface area contributed by atoms with Crippen molar-refractivity contribution in [3.05, 3.63) is 70.8 Å². The van der Waals surface area contributed by atoms with E-state index in [2.05, 4.69) is 20.6 Å². The van der Waals surface area contributed by atoms with Crippen molar-refractivity contribution in [3.63, 3.8) is 0 Å². The molecular weight excluding hydrogens is 376 g/mol. The highest BCUT2D eigenvalue weighted by atomic mass is 32.2. The van der Waals surface area contributed by atoms with Gasteiger partial charge in [-0.2, -0.15) is 5.21 Å². The van der Waals surface area contributed by atoms with Crippen molar-refractivity contribution in [2.24, 2.45) is 0 Å². The Hall–Kier alpha value is -3.65. The van der Waals surface area contributed by atoms with E-state index in [-0.39, 0.29) is 11.5 Å². The molecule has 8 heteroatoms. The van der Waals surface area contributed by atoms with Crippen LogP contribution in [-0.2, 0) is 0 Å². The number of aromatic nitrogens is 4. The summed E-state index contributed by atoms with van der Waals surface area (Å²) < 4.78 is 5.90. The predicted octanol–water partition coefficient (Wildman–Crippen LogP) is 4.16. The number of H-pyrrole nitrogens is 1. The van der Waals surface area contributed by atoms with E-state index in [1.54, 1.807) is 30.3 Å². The number of carbonyl (C=O) groups is 1. The van der Waals surface area contributed by atoms with Gasteiger partial charge in [0.2, 0.25) is 11.6 Å². The molecule has 0 fully saturated rings. The van der Waals surface area contributed by atoms with E-state index in [0.29, 0.717) is 33.4 Å². The highest BCUT2D eigenvalue weighted by molar-refractivity contribution is 8.04. The number of allylic oxidation sites excluding steroid dienone is 1. The number of carbonyl (C=O) groups excluding carboxylic acids is 1. The smallest absolute Gasteiger partial charge is 0.208 e. The fourth-order valence-corrected chi connectivity index (χ4v) is 4.03. The predicted molar refractivity (Wildman–Crippen MR) is 104 cm³/mol. The standard InChI is InChI=1S/C20H12N4O3S/c25-15-7-5-11(9-14(15)20-21-23-24-22-20)16-8-6-12(27-16)10-18-19(26)13-3-1-2-4-17(13)28-18/h1-10,25H,(H,21,22,23,24)/b18-10-. The van der Waals surface area contributed by atoms with Gasteiger partial charge in [-0.1, -0.05) is 23.9 Å². The second-order valence-corrected chi connectivity index (χ2v) is 7.19. The third-order valence-electron chi connectivity index (χ3n) is 4.34. The number of rotatable bonds is 3. The first-order chi connectivity index (χ1) is 13.7. The van der Waals surface area contributed by atoms with Crippen molar-refractivity contribution in [2.75, 3.05) is 0 Å². The molecule has 2 N–H and O–H groups in total. The van der Waals surface area contributed by atoms with Crippen LogP contribution in [0.5, 0.6) is 5.75 Å². The lowest BCUT2D eigenvalue weighted by molar-refractivity contribution is 0.104. The number of Topliss-reactive ketones (excluding diaryl/α,β-unsaturated/α-hetero) is 1. The molecule has 0 unspecified atom stereocenters. The molecule has 5 rings (SSSR count). The number of tetrazole rings is 1. The van der Waals surface area contributed by atoms with E-state index in [4.69, 9.17) is 4.42 Å². The van der Waals surface area contributed by atoms with E-state index in [1.807, 2.05) is 30.3 Å². The lowest BCUT2D eigenvalue weighted by Crippen LogP contribution is -1.93. The Kier molecular flexibility index (Phi) is 3.84. The average molecular weight is 388 g/mol. The van der Waals surface area contributed by atoms with Gasteiger partial charge in [0.25, 0.3) is 0 Å². The third kappa shape index (κ3) is 2.80. The number of hydrogen-bond donors (Lipinski definition) is 2. The van der Waals surface area contributed by atoms with Crippen LogP contribution < -0.4 is 0 Å². The van der Waals surface area contributed by atoms with Crippen LogP contribution >= 0.6 is 11.8 Å². The monoisotopic (exact) mass is 388 g/mol. The minimum absolute atomic E-state index is 0.00239. The van der Waals surface area contributed by atoms with Crippen molar-refractivity contribution in [3.8, 4) is 28.5 Å². The number of phenolic OH excluding ortho intramolecular Hbond substituents is 1. The number of hydrogen-bond acceptors (Lipinski definition) is 7. The fraction of sp³-hybridized carbons (Fsp3) is 0. The molecule has 7 nitrogen and oxygen atoms in total. The minimum atomic E-state index is 0.00239. The summed E-state index contributed by atoms with van der Waals surface area (Å²) in [6, 6.07) is 16.2. The van der Waals surface area contributed by atoms with E-state index >= 15 is 0 Å². The fourth-order valence-electron chi connectivity index (χ4n) is 2.99.